The van der Waals surface area contributed by atoms with Crippen LogP contribution in [-0.2, 0) is 19.1 Å². The summed E-state index contributed by atoms with van der Waals surface area (Å²) in [6.45, 7) is 0.166. The molecule has 0 aliphatic carbocycles. The van der Waals surface area contributed by atoms with Gasteiger partial charge in [-0.2, -0.15) is 8.42 Å². The molecule has 0 amide bonds. The van der Waals surface area contributed by atoms with Crippen molar-refractivity contribution in [3.8, 4) is 11.5 Å². The topological polar surface area (TPSA) is 83.4 Å². The lowest BCUT2D eigenvalue weighted by Gasteiger charge is -2.07. The third-order valence-corrected chi connectivity index (χ3v) is 4.88. The van der Waals surface area contributed by atoms with Gasteiger partial charge in [-0.1, -0.05) is 5.16 Å². The molecule has 100 valence electrons. The van der Waals surface area contributed by atoms with E-state index in [2.05, 4.69) is 5.16 Å². The summed E-state index contributed by atoms with van der Waals surface area (Å²) in [6.07, 6.45) is -0.564. The van der Waals surface area contributed by atoms with Crippen LogP contribution in [0, 0.1) is 0 Å². The predicted molar refractivity (Wildman–Crippen MR) is 62.6 cm³/mol. The minimum absolute atomic E-state index is 0.00452. The molecular formula is C11H9NO6S. The highest BCUT2D eigenvalue weighted by molar-refractivity contribution is 7.88. The monoisotopic (exact) mass is 283 g/mol. The molecule has 7 nitrogen and oxygen atoms in total. The molecule has 0 aromatic heterocycles. The van der Waals surface area contributed by atoms with Gasteiger partial charge in [0, 0.05) is 5.56 Å². The third-order valence-electron chi connectivity index (χ3n) is 3.27. The van der Waals surface area contributed by atoms with Crippen LogP contribution >= 0.6 is 0 Å². The number of rotatable bonds is 1. The lowest BCUT2D eigenvalue weighted by molar-refractivity contribution is 0.0683. The van der Waals surface area contributed by atoms with Gasteiger partial charge < -0.3 is 14.3 Å². The van der Waals surface area contributed by atoms with Gasteiger partial charge >= 0.3 is 0 Å². The number of fused-ring (bicyclic) bond motifs is 2. The summed E-state index contributed by atoms with van der Waals surface area (Å²) in [5.74, 6) is 1.20. The molecule has 2 unspecified atom stereocenters. The first kappa shape index (κ1) is 11.1. The average molecular weight is 283 g/mol. The van der Waals surface area contributed by atoms with E-state index in [0.29, 0.717) is 22.8 Å². The zero-order valence-electron chi connectivity index (χ0n) is 9.61. The Morgan fingerprint density at radius 2 is 2.05 bits per heavy atom. The smallest absolute Gasteiger partial charge is 0.280 e. The summed E-state index contributed by atoms with van der Waals surface area (Å²) < 4.78 is 38.9. The van der Waals surface area contributed by atoms with Gasteiger partial charge in [0.25, 0.3) is 10.1 Å². The second-order valence-corrected chi connectivity index (χ2v) is 6.12. The minimum atomic E-state index is -3.66. The van der Waals surface area contributed by atoms with Crippen LogP contribution in [0.1, 0.15) is 5.56 Å². The highest BCUT2D eigenvalue weighted by atomic mass is 32.2. The molecule has 1 aromatic carbocycles. The van der Waals surface area contributed by atoms with E-state index in [-0.39, 0.29) is 13.4 Å². The van der Waals surface area contributed by atoms with Crippen molar-refractivity contribution in [3.05, 3.63) is 23.8 Å². The van der Waals surface area contributed by atoms with E-state index in [1.807, 2.05) is 0 Å². The molecule has 1 saturated heterocycles. The molecule has 0 N–H and O–H groups in total. The van der Waals surface area contributed by atoms with E-state index in [1.54, 1.807) is 18.2 Å². The molecule has 3 aliphatic rings. The molecule has 3 aliphatic heterocycles. The quantitative estimate of drug-likeness (QED) is 0.687. The Labute approximate surface area is 108 Å². The van der Waals surface area contributed by atoms with Crippen molar-refractivity contribution in [2.75, 3.05) is 13.4 Å². The van der Waals surface area contributed by atoms with Crippen molar-refractivity contribution < 1.29 is 26.9 Å². The summed E-state index contributed by atoms with van der Waals surface area (Å²) in [6, 6.07) is 5.14. The fraction of sp³-hybridized carbons (Fsp3) is 0.364. The molecule has 1 aromatic rings. The standard InChI is InChI=1S/C11H9NO6S/c13-19(14)11-9(4-17-19)18-12-10(11)6-1-2-7-8(3-6)16-5-15-7/h1-3,9,11H,4-5H2. The van der Waals surface area contributed by atoms with Gasteiger partial charge in [-0.25, -0.2) is 0 Å². The first-order valence-electron chi connectivity index (χ1n) is 5.67. The lowest BCUT2D eigenvalue weighted by atomic mass is 10.0. The number of nitrogens with zero attached hydrogens (tertiary/aromatic N) is 1. The van der Waals surface area contributed by atoms with Crippen LogP contribution in [0.15, 0.2) is 23.4 Å². The zero-order chi connectivity index (χ0) is 13.0. The highest BCUT2D eigenvalue weighted by Crippen LogP contribution is 2.36. The number of oxime groups is 1. The Kier molecular flexibility index (Phi) is 2.10. The maximum Gasteiger partial charge on any atom is 0.280 e. The SMILES string of the molecule is O=S1(=O)OCC2ON=C(c3ccc4c(c3)OCO4)C21. The second kappa shape index (κ2) is 3.61. The molecule has 1 fully saturated rings. The van der Waals surface area contributed by atoms with Crippen LogP contribution in [0.5, 0.6) is 11.5 Å². The Morgan fingerprint density at radius 1 is 1.21 bits per heavy atom. The van der Waals surface area contributed by atoms with E-state index < -0.39 is 21.5 Å². The Bertz CT molecular complexity index is 682. The predicted octanol–water partition coefficient (Wildman–Crippen LogP) is 0.247. The highest BCUT2D eigenvalue weighted by Gasteiger charge is 2.51. The molecule has 8 heteroatoms. The maximum atomic E-state index is 11.8. The molecule has 0 spiro atoms. The van der Waals surface area contributed by atoms with Crippen molar-refractivity contribution in [1.82, 2.24) is 0 Å². The van der Waals surface area contributed by atoms with Crippen LogP contribution in [-0.4, -0.2) is 38.9 Å². The van der Waals surface area contributed by atoms with Crippen molar-refractivity contribution in [2.24, 2.45) is 5.16 Å². The molecule has 0 saturated carbocycles. The fourth-order valence-electron chi connectivity index (χ4n) is 2.36. The third kappa shape index (κ3) is 1.53. The van der Waals surface area contributed by atoms with Gasteiger partial charge in [0.05, 0.1) is 0 Å². The van der Waals surface area contributed by atoms with Gasteiger partial charge in [-0.15, -0.1) is 0 Å². The Morgan fingerprint density at radius 3 is 2.95 bits per heavy atom. The number of benzene rings is 1. The molecule has 0 radical (unpaired) electrons. The van der Waals surface area contributed by atoms with Crippen molar-refractivity contribution in [1.29, 1.82) is 0 Å². The van der Waals surface area contributed by atoms with Gasteiger partial charge in [0.15, 0.2) is 22.9 Å². The van der Waals surface area contributed by atoms with E-state index >= 15 is 0 Å². The van der Waals surface area contributed by atoms with E-state index in [4.69, 9.17) is 18.5 Å². The summed E-state index contributed by atoms with van der Waals surface area (Å²) >= 11 is 0. The summed E-state index contributed by atoms with van der Waals surface area (Å²) in [5.41, 5.74) is 0.978. The zero-order valence-corrected chi connectivity index (χ0v) is 10.4. The van der Waals surface area contributed by atoms with Crippen LogP contribution in [0.3, 0.4) is 0 Å². The molecular weight excluding hydrogens is 274 g/mol. The van der Waals surface area contributed by atoms with Crippen LogP contribution < -0.4 is 9.47 Å². The van der Waals surface area contributed by atoms with Gasteiger partial charge in [-0.05, 0) is 18.2 Å². The number of ether oxygens (including phenoxy) is 2. The lowest BCUT2D eigenvalue weighted by Crippen LogP contribution is -2.31. The van der Waals surface area contributed by atoms with Crippen molar-refractivity contribution in [2.45, 2.75) is 11.4 Å². The molecule has 3 heterocycles. The molecule has 19 heavy (non-hydrogen) atoms. The van der Waals surface area contributed by atoms with Gasteiger partial charge in [0.2, 0.25) is 6.79 Å². The van der Waals surface area contributed by atoms with Gasteiger partial charge in [-0.3, -0.25) is 4.18 Å². The first-order valence-corrected chi connectivity index (χ1v) is 7.14. The first-order chi connectivity index (χ1) is 9.15. The van der Waals surface area contributed by atoms with Crippen LogP contribution in [0.4, 0.5) is 0 Å². The van der Waals surface area contributed by atoms with E-state index in [0.717, 1.165) is 0 Å². The molecule has 4 rings (SSSR count). The van der Waals surface area contributed by atoms with Crippen LogP contribution in [0.2, 0.25) is 0 Å². The largest absolute Gasteiger partial charge is 0.454 e. The second-order valence-electron chi connectivity index (χ2n) is 4.39. The summed E-state index contributed by atoms with van der Waals surface area (Å²) in [5, 5.41) is 3.00. The summed E-state index contributed by atoms with van der Waals surface area (Å²) in [7, 11) is -3.66. The normalized spacial score (nSPS) is 29.8. The molecule has 0 bridgehead atoms. The molecule has 2 atom stereocenters. The van der Waals surface area contributed by atoms with Crippen molar-refractivity contribution in [3.63, 3.8) is 0 Å². The van der Waals surface area contributed by atoms with Crippen LogP contribution in [0.25, 0.3) is 0 Å². The van der Waals surface area contributed by atoms with E-state index in [9.17, 15) is 8.42 Å². The number of hydrogen-bond donors (Lipinski definition) is 0. The van der Waals surface area contributed by atoms with Gasteiger partial charge in [0.1, 0.15) is 12.3 Å². The van der Waals surface area contributed by atoms with Crippen molar-refractivity contribution >= 4 is 15.8 Å². The minimum Gasteiger partial charge on any atom is -0.454 e. The maximum absolute atomic E-state index is 11.8. The Balaban J connectivity index is 1.77. The average Bonchev–Trinajstić information content (AvgIpc) is 3.06. The number of hydrogen-bond acceptors (Lipinski definition) is 7. The summed E-state index contributed by atoms with van der Waals surface area (Å²) in [4.78, 5) is 5.11. The van der Waals surface area contributed by atoms with E-state index in [1.165, 1.54) is 0 Å². The Hall–Kier alpha value is -1.80. The fourth-order valence-corrected chi connectivity index (χ4v) is 3.78.